The first-order chi connectivity index (χ1) is 20.0. The Labute approximate surface area is 233 Å². The number of fused-ring (bicyclic) bond motifs is 3. The van der Waals surface area contributed by atoms with Crippen LogP contribution in [0.2, 0.25) is 0 Å². The first-order valence-corrected chi connectivity index (χ1v) is 12.4. The van der Waals surface area contributed by atoms with Crippen molar-refractivity contribution in [3.05, 3.63) is 125 Å². The lowest BCUT2D eigenvalue weighted by molar-refractivity contribution is 0.620. The lowest BCUT2D eigenvalue weighted by Crippen LogP contribution is -1.95. The predicted molar refractivity (Wildman–Crippen MR) is 150 cm³/mol. The summed E-state index contributed by atoms with van der Waals surface area (Å²) in [4.78, 5) is 0. The molecule has 0 aliphatic rings. The molecule has 6 aromatic rings. The van der Waals surface area contributed by atoms with Crippen LogP contribution in [-0.2, 0) is 0 Å². The van der Waals surface area contributed by atoms with Gasteiger partial charge in [-0.05, 0) is 70.8 Å². The number of halogens is 2. The molecule has 0 unspecified atom stereocenters. The molecule has 0 amide bonds. The molecule has 0 saturated heterocycles. The van der Waals surface area contributed by atoms with Crippen molar-refractivity contribution < 1.29 is 8.78 Å². The smallest absolute Gasteiger partial charge is 0.158 e. The van der Waals surface area contributed by atoms with E-state index in [4.69, 9.17) is 0 Å². The number of para-hydroxylation sites is 1. The number of benzene rings is 5. The molecule has 0 bridgehead atoms. The number of rotatable bonds is 3. The van der Waals surface area contributed by atoms with E-state index in [-0.39, 0.29) is 22.3 Å². The van der Waals surface area contributed by atoms with Gasteiger partial charge in [0.25, 0.3) is 0 Å². The first-order valence-electron chi connectivity index (χ1n) is 12.4. The van der Waals surface area contributed by atoms with Gasteiger partial charge in [0.15, 0.2) is 11.6 Å². The van der Waals surface area contributed by atoms with Crippen LogP contribution < -0.4 is 0 Å². The normalized spacial score (nSPS) is 10.6. The van der Waals surface area contributed by atoms with Crippen LogP contribution in [0.25, 0.3) is 49.7 Å². The second kappa shape index (κ2) is 9.79. The van der Waals surface area contributed by atoms with Crippen molar-refractivity contribution in [1.29, 1.82) is 21.0 Å². The summed E-state index contributed by atoms with van der Waals surface area (Å²) >= 11 is 0. The molecule has 5 aromatic carbocycles. The average molecular weight is 532 g/mol. The van der Waals surface area contributed by atoms with Crippen molar-refractivity contribution in [2.24, 2.45) is 0 Å². The van der Waals surface area contributed by atoms with E-state index in [9.17, 15) is 29.8 Å². The fourth-order valence-electron chi connectivity index (χ4n) is 5.14. The van der Waals surface area contributed by atoms with Crippen molar-refractivity contribution in [3.8, 4) is 52.2 Å². The van der Waals surface area contributed by atoms with Gasteiger partial charge in [0.1, 0.15) is 24.3 Å². The fraction of sp³-hybridized carbons (Fsp3) is 0. The Balaban J connectivity index is 1.64. The zero-order valence-corrected chi connectivity index (χ0v) is 21.2. The van der Waals surface area contributed by atoms with E-state index < -0.39 is 11.6 Å². The van der Waals surface area contributed by atoms with Gasteiger partial charge in [-0.25, -0.2) is 8.78 Å². The fourth-order valence-corrected chi connectivity index (χ4v) is 5.14. The quantitative estimate of drug-likeness (QED) is 0.232. The second-order valence-corrected chi connectivity index (χ2v) is 9.35. The minimum atomic E-state index is -0.842. The summed E-state index contributed by atoms with van der Waals surface area (Å²) in [5.74, 6) is -1.68. The van der Waals surface area contributed by atoms with E-state index in [0.29, 0.717) is 22.3 Å². The topological polar surface area (TPSA) is 100 Å². The van der Waals surface area contributed by atoms with Gasteiger partial charge in [0.2, 0.25) is 0 Å². The summed E-state index contributed by atoms with van der Waals surface area (Å²) < 4.78 is 30.9. The second-order valence-electron chi connectivity index (χ2n) is 9.35. The van der Waals surface area contributed by atoms with Gasteiger partial charge in [-0.15, -0.1) is 0 Å². The van der Waals surface area contributed by atoms with Crippen LogP contribution in [0.15, 0.2) is 91.0 Å². The number of hydrogen-bond donors (Lipinski definition) is 0. The molecule has 0 N–H and O–H groups in total. The highest BCUT2D eigenvalue weighted by Crippen LogP contribution is 2.38. The molecule has 0 radical (unpaired) electrons. The van der Waals surface area contributed by atoms with E-state index in [2.05, 4.69) is 4.57 Å². The Bertz CT molecular complexity index is 2010. The molecule has 0 aliphatic heterocycles. The van der Waals surface area contributed by atoms with Crippen molar-refractivity contribution in [2.45, 2.75) is 0 Å². The van der Waals surface area contributed by atoms with E-state index >= 15 is 0 Å². The number of nitrogens with zero attached hydrogens (tertiary/aromatic N) is 5. The summed E-state index contributed by atoms with van der Waals surface area (Å²) in [5, 5.41) is 39.5. The van der Waals surface area contributed by atoms with Gasteiger partial charge in [0.05, 0.1) is 33.3 Å². The van der Waals surface area contributed by atoms with E-state index in [1.54, 1.807) is 0 Å². The Hall–Kier alpha value is -6.28. The molecule has 7 heteroatoms. The maximum Gasteiger partial charge on any atom is 0.158 e. The third kappa shape index (κ3) is 4.03. The highest BCUT2D eigenvalue weighted by atomic mass is 19.1. The van der Waals surface area contributed by atoms with Crippen LogP contribution in [0.3, 0.4) is 0 Å². The molecular formula is C34H15F2N5. The van der Waals surface area contributed by atoms with E-state index in [0.717, 1.165) is 27.5 Å². The van der Waals surface area contributed by atoms with Crippen molar-refractivity contribution in [1.82, 2.24) is 4.57 Å². The summed E-state index contributed by atoms with van der Waals surface area (Å²) in [6.07, 6.45) is 0. The van der Waals surface area contributed by atoms with Crippen molar-refractivity contribution >= 4 is 21.8 Å². The molecule has 0 aliphatic carbocycles. The maximum atomic E-state index is 14.4. The minimum Gasteiger partial charge on any atom is -0.309 e. The predicted octanol–water partition coefficient (Wildman–Crippen LogP) is 7.88. The van der Waals surface area contributed by atoms with Crippen molar-refractivity contribution in [2.75, 3.05) is 0 Å². The van der Waals surface area contributed by atoms with E-state index in [1.807, 2.05) is 91.0 Å². The molecular weight excluding hydrogens is 516 g/mol. The van der Waals surface area contributed by atoms with Crippen LogP contribution in [-0.4, -0.2) is 4.57 Å². The molecule has 0 saturated carbocycles. The summed E-state index contributed by atoms with van der Waals surface area (Å²) in [6, 6.07) is 34.1. The van der Waals surface area contributed by atoms with Gasteiger partial charge in [-0.2, -0.15) is 21.0 Å². The van der Waals surface area contributed by atoms with Crippen LogP contribution in [0.4, 0.5) is 8.78 Å². The highest BCUT2D eigenvalue weighted by molar-refractivity contribution is 6.11. The van der Waals surface area contributed by atoms with Crippen molar-refractivity contribution in [3.63, 3.8) is 0 Å². The zero-order valence-electron chi connectivity index (χ0n) is 21.2. The van der Waals surface area contributed by atoms with Gasteiger partial charge in [0, 0.05) is 16.5 Å². The molecule has 0 spiro atoms. The monoisotopic (exact) mass is 531 g/mol. The molecule has 0 atom stereocenters. The number of hydrogen-bond acceptors (Lipinski definition) is 4. The molecule has 190 valence electrons. The van der Waals surface area contributed by atoms with Crippen LogP contribution in [0, 0.1) is 57.0 Å². The standard InChI is InChI=1S/C34H15F2N5/c35-33-24(16-37)10-22(11-25(33)17-38)20-6-8-29-30-9-7-21(23-12-26(18-39)34(36)27(13-23)19-40)15-32(30)41(31(29)14-20)28-4-2-1-3-5-28/h1-15H. The van der Waals surface area contributed by atoms with Gasteiger partial charge in [-0.1, -0.05) is 42.5 Å². The zero-order chi connectivity index (χ0) is 28.7. The Kier molecular flexibility index (Phi) is 5.98. The van der Waals surface area contributed by atoms with Gasteiger partial charge >= 0.3 is 0 Å². The molecule has 6 rings (SSSR count). The van der Waals surface area contributed by atoms with E-state index in [1.165, 1.54) is 24.3 Å². The number of aromatic nitrogens is 1. The lowest BCUT2D eigenvalue weighted by atomic mass is 9.97. The largest absolute Gasteiger partial charge is 0.309 e. The van der Waals surface area contributed by atoms with Gasteiger partial charge < -0.3 is 4.57 Å². The minimum absolute atomic E-state index is 0.208. The Morgan fingerprint density at radius 1 is 0.463 bits per heavy atom. The SMILES string of the molecule is N#Cc1cc(-c2ccc3c4ccc(-c5cc(C#N)c(F)c(C#N)c5)cc4n(-c4ccccc4)c3c2)cc(C#N)c1F. The molecule has 1 heterocycles. The third-order valence-corrected chi connectivity index (χ3v) is 7.08. The first kappa shape index (κ1) is 25.0. The molecule has 0 fully saturated rings. The summed E-state index contributed by atoms with van der Waals surface area (Å²) in [5.41, 5.74) is 4.15. The van der Waals surface area contributed by atoms with Crippen LogP contribution >= 0.6 is 0 Å². The third-order valence-electron chi connectivity index (χ3n) is 7.08. The summed E-state index contributed by atoms with van der Waals surface area (Å²) in [6.45, 7) is 0. The Morgan fingerprint density at radius 3 is 1.22 bits per heavy atom. The lowest BCUT2D eigenvalue weighted by Gasteiger charge is -2.10. The van der Waals surface area contributed by atoms with Gasteiger partial charge in [-0.3, -0.25) is 0 Å². The van der Waals surface area contributed by atoms with Crippen LogP contribution in [0.5, 0.6) is 0 Å². The average Bonchev–Trinajstić information content (AvgIpc) is 3.34. The van der Waals surface area contributed by atoms with Crippen LogP contribution in [0.1, 0.15) is 22.3 Å². The maximum absolute atomic E-state index is 14.4. The molecule has 1 aromatic heterocycles. The highest BCUT2D eigenvalue weighted by Gasteiger charge is 2.18. The number of nitriles is 4. The molecule has 41 heavy (non-hydrogen) atoms. The summed E-state index contributed by atoms with van der Waals surface area (Å²) in [7, 11) is 0. The molecule has 5 nitrogen and oxygen atoms in total. The Morgan fingerprint density at radius 2 is 0.854 bits per heavy atom.